The van der Waals surface area contributed by atoms with Crippen molar-refractivity contribution in [3.8, 4) is 0 Å². The number of likely N-dealkylation sites (N-methyl/N-ethyl adjacent to an activating group) is 1. The molecule has 0 bridgehead atoms. The molecule has 1 aromatic heterocycles. The molecule has 1 rings (SSSR count). The summed E-state index contributed by atoms with van der Waals surface area (Å²) in [6, 6.07) is 1.92. The maximum absolute atomic E-state index is 12.0. The molecule has 0 spiro atoms. The van der Waals surface area contributed by atoms with E-state index in [9.17, 15) is 9.59 Å². The molecule has 1 unspecified atom stereocenters. The van der Waals surface area contributed by atoms with E-state index in [2.05, 4.69) is 9.84 Å². The van der Waals surface area contributed by atoms with Crippen LogP contribution in [0, 0.1) is 19.8 Å². The Morgan fingerprint density at radius 2 is 2.11 bits per heavy atom. The Bertz CT molecular complexity index is 468. The van der Waals surface area contributed by atoms with E-state index in [1.165, 1.54) is 12.0 Å². The van der Waals surface area contributed by atoms with Crippen LogP contribution in [0.15, 0.2) is 6.07 Å². The number of ether oxygens (including phenoxy) is 1. The number of carbonyl (C=O) groups excluding carboxylic acids is 2. The first-order valence-corrected chi connectivity index (χ1v) is 6.18. The first-order chi connectivity index (χ1) is 8.85. The average Bonchev–Trinajstić information content (AvgIpc) is 2.66. The van der Waals surface area contributed by atoms with Gasteiger partial charge in [-0.15, -0.1) is 0 Å². The molecule has 19 heavy (non-hydrogen) atoms. The van der Waals surface area contributed by atoms with Gasteiger partial charge >= 0.3 is 5.97 Å². The van der Waals surface area contributed by atoms with Crippen molar-refractivity contribution in [1.82, 2.24) is 14.7 Å². The second kappa shape index (κ2) is 6.36. The molecular formula is C13H21N3O3. The molecule has 106 valence electrons. The number of carbonyl (C=O) groups is 2. The molecule has 0 fully saturated rings. The molecule has 1 amide bonds. The summed E-state index contributed by atoms with van der Waals surface area (Å²) < 4.78 is 6.30. The van der Waals surface area contributed by atoms with Gasteiger partial charge in [-0.1, -0.05) is 6.92 Å². The van der Waals surface area contributed by atoms with Gasteiger partial charge in [-0.3, -0.25) is 14.3 Å². The van der Waals surface area contributed by atoms with Gasteiger partial charge in [-0.05, 0) is 19.9 Å². The molecule has 0 saturated carbocycles. The van der Waals surface area contributed by atoms with E-state index >= 15 is 0 Å². The van der Waals surface area contributed by atoms with Crippen LogP contribution in [0.25, 0.3) is 0 Å². The predicted octanol–water partition coefficient (Wildman–Crippen LogP) is 0.767. The van der Waals surface area contributed by atoms with Gasteiger partial charge in [-0.2, -0.15) is 5.10 Å². The largest absolute Gasteiger partial charge is 0.469 e. The van der Waals surface area contributed by atoms with Crippen molar-refractivity contribution in [3.63, 3.8) is 0 Å². The van der Waals surface area contributed by atoms with Gasteiger partial charge in [0.1, 0.15) is 6.54 Å². The molecule has 0 radical (unpaired) electrons. The van der Waals surface area contributed by atoms with Crippen LogP contribution < -0.4 is 0 Å². The average molecular weight is 267 g/mol. The molecule has 0 N–H and O–H groups in total. The molecule has 1 heterocycles. The standard InChI is InChI=1S/C13H21N3O3/c1-9(13(18)19-5)7-15(4)12(17)8-16-11(3)6-10(2)14-16/h6,9H,7-8H2,1-5H3. The van der Waals surface area contributed by atoms with Gasteiger partial charge in [0, 0.05) is 19.3 Å². The van der Waals surface area contributed by atoms with Crippen molar-refractivity contribution in [3.05, 3.63) is 17.5 Å². The monoisotopic (exact) mass is 267 g/mol. The lowest BCUT2D eigenvalue weighted by molar-refractivity contribution is -0.146. The highest BCUT2D eigenvalue weighted by molar-refractivity contribution is 5.77. The Hall–Kier alpha value is -1.85. The fourth-order valence-corrected chi connectivity index (χ4v) is 1.87. The number of hydrogen-bond acceptors (Lipinski definition) is 4. The number of rotatable bonds is 5. The Kier molecular flexibility index (Phi) is 5.09. The summed E-state index contributed by atoms with van der Waals surface area (Å²) in [7, 11) is 3.02. The first kappa shape index (κ1) is 15.2. The lowest BCUT2D eigenvalue weighted by atomic mass is 10.2. The van der Waals surface area contributed by atoms with Crippen LogP contribution in [0.5, 0.6) is 0 Å². The molecule has 6 nitrogen and oxygen atoms in total. The summed E-state index contributed by atoms with van der Waals surface area (Å²) in [5.74, 6) is -0.730. The van der Waals surface area contributed by atoms with Crippen LogP contribution in [-0.4, -0.2) is 47.3 Å². The van der Waals surface area contributed by atoms with Crippen molar-refractivity contribution in [2.75, 3.05) is 20.7 Å². The van der Waals surface area contributed by atoms with Crippen molar-refractivity contribution >= 4 is 11.9 Å². The van der Waals surface area contributed by atoms with Crippen molar-refractivity contribution in [2.24, 2.45) is 5.92 Å². The smallest absolute Gasteiger partial charge is 0.310 e. The maximum Gasteiger partial charge on any atom is 0.310 e. The molecule has 0 aliphatic heterocycles. The Labute approximate surface area is 113 Å². The van der Waals surface area contributed by atoms with E-state index in [-0.39, 0.29) is 24.3 Å². The minimum absolute atomic E-state index is 0.0815. The minimum atomic E-state index is -0.334. The fraction of sp³-hybridized carbons (Fsp3) is 0.615. The fourth-order valence-electron chi connectivity index (χ4n) is 1.87. The highest BCUT2D eigenvalue weighted by atomic mass is 16.5. The summed E-state index contributed by atoms with van der Waals surface area (Å²) in [5, 5.41) is 4.24. The highest BCUT2D eigenvalue weighted by Gasteiger charge is 2.19. The summed E-state index contributed by atoms with van der Waals surface area (Å²) in [5.41, 5.74) is 1.83. The predicted molar refractivity (Wildman–Crippen MR) is 70.5 cm³/mol. The second-order valence-electron chi connectivity index (χ2n) is 4.78. The van der Waals surface area contributed by atoms with Gasteiger partial charge < -0.3 is 9.64 Å². The number of aromatic nitrogens is 2. The van der Waals surface area contributed by atoms with Crippen LogP contribution in [0.2, 0.25) is 0 Å². The number of methoxy groups -OCH3 is 1. The molecule has 0 aliphatic rings. The van der Waals surface area contributed by atoms with Gasteiger partial charge in [0.2, 0.25) is 5.91 Å². The van der Waals surface area contributed by atoms with E-state index in [1.54, 1.807) is 18.7 Å². The zero-order valence-electron chi connectivity index (χ0n) is 12.1. The number of aryl methyl sites for hydroxylation is 2. The Morgan fingerprint density at radius 3 is 2.58 bits per heavy atom. The van der Waals surface area contributed by atoms with Gasteiger partial charge in [0.05, 0.1) is 18.7 Å². The van der Waals surface area contributed by atoms with Crippen LogP contribution in [0.3, 0.4) is 0 Å². The van der Waals surface area contributed by atoms with Crippen LogP contribution in [0.4, 0.5) is 0 Å². The van der Waals surface area contributed by atoms with E-state index in [0.29, 0.717) is 6.54 Å². The molecule has 0 saturated heterocycles. The van der Waals surface area contributed by atoms with E-state index in [4.69, 9.17) is 0 Å². The van der Waals surface area contributed by atoms with E-state index in [1.807, 2.05) is 19.9 Å². The number of esters is 1. The van der Waals surface area contributed by atoms with Gasteiger partial charge in [0.25, 0.3) is 0 Å². The maximum atomic E-state index is 12.0. The van der Waals surface area contributed by atoms with Crippen LogP contribution >= 0.6 is 0 Å². The Balaban J connectivity index is 2.58. The molecule has 6 heteroatoms. The lowest BCUT2D eigenvalue weighted by Gasteiger charge is -2.20. The minimum Gasteiger partial charge on any atom is -0.469 e. The van der Waals surface area contributed by atoms with Crippen LogP contribution in [0.1, 0.15) is 18.3 Å². The Morgan fingerprint density at radius 1 is 1.47 bits per heavy atom. The zero-order valence-corrected chi connectivity index (χ0v) is 12.1. The second-order valence-corrected chi connectivity index (χ2v) is 4.78. The first-order valence-electron chi connectivity index (χ1n) is 6.18. The van der Waals surface area contributed by atoms with E-state index in [0.717, 1.165) is 11.4 Å². The number of hydrogen-bond donors (Lipinski definition) is 0. The third-order valence-electron chi connectivity index (χ3n) is 2.97. The lowest BCUT2D eigenvalue weighted by Crippen LogP contribution is -2.36. The summed E-state index contributed by atoms with van der Waals surface area (Å²) in [4.78, 5) is 24.9. The van der Waals surface area contributed by atoms with Crippen molar-refractivity contribution in [2.45, 2.75) is 27.3 Å². The van der Waals surface area contributed by atoms with Gasteiger partial charge in [-0.25, -0.2) is 0 Å². The van der Waals surface area contributed by atoms with Crippen LogP contribution in [-0.2, 0) is 20.9 Å². The molecule has 0 aliphatic carbocycles. The normalized spacial score (nSPS) is 12.1. The summed E-state index contributed by atoms with van der Waals surface area (Å²) in [6.07, 6.45) is 0. The third kappa shape index (κ3) is 4.08. The van der Waals surface area contributed by atoms with Crippen molar-refractivity contribution < 1.29 is 14.3 Å². The zero-order chi connectivity index (χ0) is 14.6. The molecular weight excluding hydrogens is 246 g/mol. The number of amides is 1. The quantitative estimate of drug-likeness (QED) is 0.739. The van der Waals surface area contributed by atoms with E-state index < -0.39 is 0 Å². The third-order valence-corrected chi connectivity index (χ3v) is 2.97. The summed E-state index contributed by atoms with van der Waals surface area (Å²) >= 11 is 0. The summed E-state index contributed by atoms with van der Waals surface area (Å²) in [6.45, 7) is 6.05. The van der Waals surface area contributed by atoms with Crippen molar-refractivity contribution in [1.29, 1.82) is 0 Å². The van der Waals surface area contributed by atoms with Gasteiger partial charge in [0.15, 0.2) is 0 Å². The SMILES string of the molecule is COC(=O)C(C)CN(C)C(=O)Cn1nc(C)cc1C. The number of nitrogens with zero attached hydrogens (tertiary/aromatic N) is 3. The topological polar surface area (TPSA) is 64.4 Å². The molecule has 0 aromatic carbocycles. The highest BCUT2D eigenvalue weighted by Crippen LogP contribution is 2.05. The molecule has 1 atom stereocenters. The molecule has 1 aromatic rings.